The molecule has 0 fully saturated rings. The second-order valence-electron chi connectivity index (χ2n) is 6.44. The zero-order chi connectivity index (χ0) is 19.7. The van der Waals surface area contributed by atoms with Crippen molar-refractivity contribution in [2.24, 2.45) is 10.1 Å². The number of aliphatic imine (C=N–C) groups is 1. The van der Waals surface area contributed by atoms with Crippen LogP contribution in [0.4, 0.5) is 0 Å². The number of rotatable bonds is 4. The average Bonchev–Trinajstić information content (AvgIpc) is 3.06. The van der Waals surface area contributed by atoms with Crippen molar-refractivity contribution in [2.75, 3.05) is 12.8 Å². The minimum absolute atomic E-state index is 0.175. The minimum Gasteiger partial charge on any atom is -0.294 e. The lowest BCUT2D eigenvalue weighted by Crippen LogP contribution is -2.39. The van der Waals surface area contributed by atoms with Gasteiger partial charge in [0.15, 0.2) is 10.0 Å². The first-order valence-corrected chi connectivity index (χ1v) is 10.7. The van der Waals surface area contributed by atoms with Gasteiger partial charge >= 0.3 is 0 Å². The molecule has 2 aromatic rings. The van der Waals surface area contributed by atoms with Crippen LogP contribution in [0.1, 0.15) is 12.5 Å². The monoisotopic (exact) mass is 404 g/mol. The molecule has 1 aliphatic heterocycles. The van der Waals surface area contributed by atoms with Crippen molar-refractivity contribution in [3.05, 3.63) is 54.2 Å². The van der Waals surface area contributed by atoms with Crippen LogP contribution in [-0.2, 0) is 21.2 Å². The number of aromatic nitrogens is 1. The second kappa shape index (κ2) is 7.41. The topological polar surface area (TPSA) is 106 Å². The normalized spacial score (nSPS) is 19.6. The zero-order valence-corrected chi connectivity index (χ0v) is 16.6. The highest BCUT2D eigenvalue weighted by atomic mass is 32.2. The van der Waals surface area contributed by atoms with Gasteiger partial charge in [0.05, 0.1) is 12.1 Å². The van der Waals surface area contributed by atoms with Crippen molar-refractivity contribution in [1.29, 1.82) is 0 Å². The molecule has 2 N–H and O–H groups in total. The first-order valence-electron chi connectivity index (χ1n) is 8.21. The van der Waals surface area contributed by atoms with E-state index in [0.29, 0.717) is 5.17 Å². The summed E-state index contributed by atoms with van der Waals surface area (Å²) in [6.07, 6.45) is 1.92. The lowest BCUT2D eigenvalue weighted by molar-refractivity contribution is -0.125. The summed E-state index contributed by atoms with van der Waals surface area (Å²) in [7, 11) is -2.25. The number of hydrogen-bond acceptors (Lipinski definition) is 6. The standard InChI is InChI=1S/C18H20N4O3S2/c1-18(27(19,24)25)12-26-17(21-18)22(2)16(23)11-13-6-8-14(9-7-13)15-5-3-4-10-20-15/h3-10H,11-12H2,1-2H3,(H2,19,24,25)/t18-/m0/s1. The molecular formula is C18H20N4O3S2. The van der Waals surface area contributed by atoms with Crippen molar-refractivity contribution in [3.8, 4) is 11.3 Å². The molecule has 1 aliphatic rings. The van der Waals surface area contributed by atoms with Gasteiger partial charge in [-0.1, -0.05) is 42.1 Å². The Morgan fingerprint density at radius 1 is 1.26 bits per heavy atom. The van der Waals surface area contributed by atoms with E-state index in [2.05, 4.69) is 9.98 Å². The molecule has 1 aromatic heterocycles. The summed E-state index contributed by atoms with van der Waals surface area (Å²) in [6.45, 7) is 1.46. The lowest BCUT2D eigenvalue weighted by Gasteiger charge is -2.17. The van der Waals surface area contributed by atoms with Crippen molar-refractivity contribution in [1.82, 2.24) is 9.88 Å². The summed E-state index contributed by atoms with van der Waals surface area (Å²) >= 11 is 1.21. The third kappa shape index (κ3) is 4.20. The third-order valence-electron chi connectivity index (χ3n) is 4.35. The highest BCUT2D eigenvalue weighted by Crippen LogP contribution is 2.32. The maximum absolute atomic E-state index is 12.6. The predicted octanol–water partition coefficient (Wildman–Crippen LogP) is 1.86. The van der Waals surface area contributed by atoms with Crippen LogP contribution in [0.3, 0.4) is 0 Å². The van der Waals surface area contributed by atoms with Gasteiger partial charge < -0.3 is 0 Å². The first-order chi connectivity index (χ1) is 12.7. The SMILES string of the molecule is CN(C(=O)Cc1ccc(-c2ccccn2)cc1)C1=N[C@@](C)(S(N)(=O)=O)CS1. The number of nitrogens with zero attached hydrogens (tertiary/aromatic N) is 3. The number of pyridine rings is 1. The highest BCUT2D eigenvalue weighted by Gasteiger charge is 2.42. The van der Waals surface area contributed by atoms with Gasteiger partial charge in [-0.25, -0.2) is 18.5 Å². The number of nitrogens with two attached hydrogens (primary N) is 1. The van der Waals surface area contributed by atoms with Crippen LogP contribution in [0.2, 0.25) is 0 Å². The number of likely N-dealkylation sites (N-methyl/N-ethyl adjacent to an activating group) is 1. The van der Waals surface area contributed by atoms with Gasteiger partial charge in [-0.15, -0.1) is 0 Å². The summed E-state index contributed by atoms with van der Waals surface area (Å²) in [6, 6.07) is 13.3. The summed E-state index contributed by atoms with van der Waals surface area (Å²) in [5.41, 5.74) is 2.69. The number of carbonyl (C=O) groups is 1. The van der Waals surface area contributed by atoms with E-state index in [1.807, 2.05) is 42.5 Å². The molecule has 0 aliphatic carbocycles. The Bertz CT molecular complexity index is 975. The van der Waals surface area contributed by atoms with Crippen molar-refractivity contribution in [3.63, 3.8) is 0 Å². The third-order valence-corrected chi connectivity index (χ3v) is 7.32. The van der Waals surface area contributed by atoms with E-state index in [0.717, 1.165) is 16.8 Å². The van der Waals surface area contributed by atoms with E-state index >= 15 is 0 Å². The molecule has 1 aromatic carbocycles. The summed E-state index contributed by atoms with van der Waals surface area (Å²) in [4.78, 5) is 21.0. The van der Waals surface area contributed by atoms with Crippen LogP contribution in [-0.4, -0.2) is 47.0 Å². The zero-order valence-electron chi connectivity index (χ0n) is 15.0. The summed E-state index contributed by atoms with van der Waals surface area (Å²) in [5, 5.41) is 5.61. The number of carbonyl (C=O) groups excluding carboxylic acids is 1. The molecule has 1 atom stereocenters. The number of primary sulfonamides is 1. The molecule has 9 heteroatoms. The summed E-state index contributed by atoms with van der Waals surface area (Å²) < 4.78 is 23.4. The van der Waals surface area contributed by atoms with Crippen molar-refractivity contribution >= 4 is 32.9 Å². The van der Waals surface area contributed by atoms with E-state index in [4.69, 9.17) is 5.14 Å². The van der Waals surface area contributed by atoms with Crippen LogP contribution in [0, 0.1) is 0 Å². The number of hydrogen-bond donors (Lipinski definition) is 1. The molecule has 1 amide bonds. The number of sulfonamides is 1. The van der Waals surface area contributed by atoms with Gasteiger partial charge in [0, 0.05) is 24.6 Å². The van der Waals surface area contributed by atoms with Crippen LogP contribution in [0.25, 0.3) is 11.3 Å². The van der Waals surface area contributed by atoms with Crippen LogP contribution in [0.5, 0.6) is 0 Å². The Morgan fingerprint density at radius 2 is 1.96 bits per heavy atom. The average molecular weight is 405 g/mol. The second-order valence-corrected chi connectivity index (χ2v) is 9.36. The fraction of sp³-hybridized carbons (Fsp3) is 0.278. The summed E-state index contributed by atoms with van der Waals surface area (Å²) in [5.74, 6) is 0.0166. The Labute approximate surface area is 162 Å². The molecule has 7 nitrogen and oxygen atoms in total. The van der Waals surface area contributed by atoms with E-state index in [-0.39, 0.29) is 18.1 Å². The molecule has 0 spiro atoms. The van der Waals surface area contributed by atoms with Crippen LogP contribution >= 0.6 is 11.8 Å². The van der Waals surface area contributed by atoms with Gasteiger partial charge in [-0.3, -0.25) is 14.7 Å². The van der Waals surface area contributed by atoms with Gasteiger partial charge in [0.2, 0.25) is 15.9 Å². The lowest BCUT2D eigenvalue weighted by atomic mass is 10.1. The Hall–Kier alpha value is -2.23. The Balaban J connectivity index is 1.70. The fourth-order valence-electron chi connectivity index (χ4n) is 2.51. The largest absolute Gasteiger partial charge is 0.294 e. The number of benzene rings is 1. The van der Waals surface area contributed by atoms with Crippen molar-refractivity contribution in [2.45, 2.75) is 18.2 Å². The maximum Gasteiger partial charge on any atom is 0.235 e. The van der Waals surface area contributed by atoms with E-state index in [1.54, 1.807) is 13.2 Å². The van der Waals surface area contributed by atoms with Crippen LogP contribution < -0.4 is 5.14 Å². The smallest absolute Gasteiger partial charge is 0.235 e. The molecule has 0 radical (unpaired) electrons. The Kier molecular flexibility index (Phi) is 5.36. The number of amides is 1. The molecule has 0 unspecified atom stereocenters. The van der Waals surface area contributed by atoms with Gasteiger partial charge in [0.1, 0.15) is 0 Å². The minimum atomic E-state index is -3.84. The molecule has 2 heterocycles. The van der Waals surface area contributed by atoms with Crippen molar-refractivity contribution < 1.29 is 13.2 Å². The molecule has 0 saturated heterocycles. The number of amidine groups is 1. The Morgan fingerprint density at radius 3 is 2.52 bits per heavy atom. The molecule has 142 valence electrons. The fourth-order valence-corrected chi connectivity index (χ4v) is 4.64. The number of thioether (sulfide) groups is 1. The molecule has 27 heavy (non-hydrogen) atoms. The molecule has 3 rings (SSSR count). The van der Waals surface area contributed by atoms with Gasteiger partial charge in [-0.2, -0.15) is 0 Å². The molecule has 0 bridgehead atoms. The van der Waals surface area contributed by atoms with Gasteiger partial charge in [0.25, 0.3) is 0 Å². The first kappa shape index (κ1) is 19.5. The maximum atomic E-state index is 12.6. The van der Waals surface area contributed by atoms with E-state index < -0.39 is 14.9 Å². The molecular weight excluding hydrogens is 384 g/mol. The van der Waals surface area contributed by atoms with E-state index in [9.17, 15) is 13.2 Å². The predicted molar refractivity (Wildman–Crippen MR) is 108 cm³/mol. The molecule has 0 saturated carbocycles. The van der Waals surface area contributed by atoms with Crippen LogP contribution in [0.15, 0.2) is 53.7 Å². The highest BCUT2D eigenvalue weighted by molar-refractivity contribution is 8.14. The quantitative estimate of drug-likeness (QED) is 0.837. The van der Waals surface area contributed by atoms with E-state index in [1.165, 1.54) is 23.6 Å². The van der Waals surface area contributed by atoms with Gasteiger partial charge in [-0.05, 0) is 24.6 Å².